The monoisotopic (exact) mass is 510 g/mol. The van der Waals surface area contributed by atoms with Crippen LogP contribution < -0.4 is 4.74 Å². The summed E-state index contributed by atoms with van der Waals surface area (Å²) in [5.74, 6) is -0.499. The molecule has 6 nitrogen and oxygen atoms in total. The molecule has 0 aromatic heterocycles. The van der Waals surface area contributed by atoms with Crippen LogP contribution in [0.5, 0.6) is 5.75 Å². The molecule has 0 aliphatic heterocycles. The van der Waals surface area contributed by atoms with Gasteiger partial charge in [-0.15, -0.1) is 0 Å². The maximum atomic E-state index is 13.2. The summed E-state index contributed by atoms with van der Waals surface area (Å²) < 4.78 is 10.9. The standard InChI is InChI=1S/C26H24NO5Se/c1-31-18-12-10-17(11-13-18)14-27(24(16-33)25(28)29)26(30)32-15-23-21-8-4-2-6-19(21)20-7-3-5-9-22(20)23/h2-13,23-24H,14-16H2,1H3,(H,28,29)/t24-/m1/s1. The Morgan fingerprint density at radius 3 is 2.06 bits per heavy atom. The topological polar surface area (TPSA) is 76.1 Å². The average molecular weight is 509 g/mol. The number of benzene rings is 3. The van der Waals surface area contributed by atoms with Gasteiger partial charge in [-0.25, -0.2) is 0 Å². The molecule has 1 aliphatic rings. The third kappa shape index (κ3) is 4.75. The van der Waals surface area contributed by atoms with E-state index in [1.807, 2.05) is 36.4 Å². The van der Waals surface area contributed by atoms with Gasteiger partial charge in [0.1, 0.15) is 0 Å². The molecular formula is C26H24NO5Se. The van der Waals surface area contributed by atoms with Crippen LogP contribution in [0.4, 0.5) is 4.79 Å². The molecule has 0 unspecified atom stereocenters. The second-order valence-electron chi connectivity index (χ2n) is 7.80. The number of methoxy groups -OCH3 is 1. The number of amides is 1. The van der Waals surface area contributed by atoms with Gasteiger partial charge < -0.3 is 0 Å². The van der Waals surface area contributed by atoms with E-state index in [2.05, 4.69) is 28.1 Å². The first kappa shape index (κ1) is 22.9. The molecule has 0 heterocycles. The molecule has 3 aromatic rings. The molecule has 1 atom stereocenters. The Hall–Kier alpha value is -3.28. The second kappa shape index (κ2) is 10.1. The fourth-order valence-corrected chi connectivity index (χ4v) is 4.88. The molecule has 7 heteroatoms. The fraction of sp³-hybridized carbons (Fsp3) is 0.231. The Morgan fingerprint density at radius 1 is 0.970 bits per heavy atom. The van der Waals surface area contributed by atoms with Gasteiger partial charge in [-0.2, -0.15) is 0 Å². The van der Waals surface area contributed by atoms with Crippen LogP contribution in [-0.4, -0.2) is 57.8 Å². The Labute approximate surface area is 200 Å². The van der Waals surface area contributed by atoms with Gasteiger partial charge in [-0.1, -0.05) is 0 Å². The molecule has 1 amide bonds. The summed E-state index contributed by atoms with van der Waals surface area (Å²) >= 11 is 2.74. The van der Waals surface area contributed by atoms with Gasteiger partial charge >= 0.3 is 201 Å². The number of carbonyl (C=O) groups is 2. The van der Waals surface area contributed by atoms with Crippen LogP contribution in [0.2, 0.25) is 5.32 Å². The van der Waals surface area contributed by atoms with Crippen LogP contribution >= 0.6 is 0 Å². The van der Waals surface area contributed by atoms with Gasteiger partial charge in [-0.3, -0.25) is 0 Å². The van der Waals surface area contributed by atoms with Crippen molar-refractivity contribution in [3.05, 3.63) is 89.5 Å². The van der Waals surface area contributed by atoms with Crippen molar-refractivity contribution >= 4 is 28.1 Å². The molecule has 0 saturated carbocycles. The third-order valence-corrected chi connectivity index (χ3v) is 6.56. The Bertz CT molecular complexity index is 1100. The number of nitrogens with zero attached hydrogens (tertiary/aromatic N) is 1. The van der Waals surface area contributed by atoms with Crippen molar-refractivity contribution in [1.82, 2.24) is 4.90 Å². The summed E-state index contributed by atoms with van der Waals surface area (Å²) in [7, 11) is 1.57. The molecule has 0 saturated heterocycles. The van der Waals surface area contributed by atoms with Gasteiger partial charge in [0.25, 0.3) is 0 Å². The number of carboxylic acids is 1. The van der Waals surface area contributed by atoms with Crippen LogP contribution in [0.1, 0.15) is 22.6 Å². The van der Waals surface area contributed by atoms with Crippen molar-refractivity contribution in [2.45, 2.75) is 23.8 Å². The van der Waals surface area contributed by atoms with Crippen molar-refractivity contribution in [3.8, 4) is 16.9 Å². The van der Waals surface area contributed by atoms with Crippen LogP contribution in [0.15, 0.2) is 72.8 Å². The summed E-state index contributed by atoms with van der Waals surface area (Å²) in [6.07, 6.45) is -0.657. The normalized spacial score (nSPS) is 13.0. The first-order valence-corrected chi connectivity index (χ1v) is 11.8. The van der Waals surface area contributed by atoms with Crippen molar-refractivity contribution in [3.63, 3.8) is 0 Å². The van der Waals surface area contributed by atoms with E-state index < -0.39 is 18.1 Å². The zero-order chi connectivity index (χ0) is 23.4. The van der Waals surface area contributed by atoms with Crippen LogP contribution in [0.25, 0.3) is 11.1 Å². The molecule has 169 valence electrons. The van der Waals surface area contributed by atoms with E-state index >= 15 is 0 Å². The van der Waals surface area contributed by atoms with Gasteiger partial charge in [0, 0.05) is 0 Å². The quantitative estimate of drug-likeness (QED) is 0.453. The molecule has 1 aliphatic carbocycles. The molecule has 4 rings (SSSR count). The number of hydrogen-bond acceptors (Lipinski definition) is 4. The minimum absolute atomic E-state index is 0.0966. The summed E-state index contributed by atoms with van der Waals surface area (Å²) in [5, 5.41) is 9.85. The van der Waals surface area contributed by atoms with E-state index in [0.29, 0.717) is 5.75 Å². The zero-order valence-corrected chi connectivity index (χ0v) is 19.9. The molecule has 0 bridgehead atoms. The first-order valence-electron chi connectivity index (χ1n) is 10.6. The van der Waals surface area contributed by atoms with Crippen LogP contribution in [0, 0.1) is 0 Å². The van der Waals surface area contributed by atoms with Gasteiger partial charge in [-0.05, 0) is 0 Å². The molecule has 1 radical (unpaired) electrons. The molecule has 33 heavy (non-hydrogen) atoms. The number of carbonyl (C=O) groups excluding carboxylic acids is 1. The summed E-state index contributed by atoms with van der Waals surface area (Å²) in [6, 6.07) is 22.3. The SMILES string of the molecule is COc1ccc(CN(C(=O)OCC2c3ccccc3-c3ccccc32)[C@H](C[Se])C(=O)O)cc1. The van der Waals surface area contributed by atoms with E-state index in [0.717, 1.165) is 27.8 Å². The molecule has 0 spiro atoms. The third-order valence-electron chi connectivity index (χ3n) is 5.90. The number of fused-ring (bicyclic) bond motifs is 3. The zero-order valence-electron chi connectivity index (χ0n) is 18.1. The van der Waals surface area contributed by atoms with E-state index in [9.17, 15) is 14.7 Å². The van der Waals surface area contributed by atoms with Gasteiger partial charge in [0.2, 0.25) is 0 Å². The number of carboxylic acid groups (broad SMARTS) is 1. The molecule has 1 N–H and O–H groups in total. The van der Waals surface area contributed by atoms with Crippen molar-refractivity contribution in [1.29, 1.82) is 0 Å². The van der Waals surface area contributed by atoms with E-state index in [-0.39, 0.29) is 24.4 Å². The number of aliphatic carboxylic acids is 1. The number of rotatable bonds is 8. The fourth-order valence-electron chi connectivity index (χ4n) is 4.20. The van der Waals surface area contributed by atoms with Crippen molar-refractivity contribution < 1.29 is 24.2 Å². The minimum atomic E-state index is -1.09. The molecular weight excluding hydrogens is 485 g/mol. The second-order valence-corrected chi connectivity index (χ2v) is 8.50. The summed E-state index contributed by atoms with van der Waals surface area (Å²) in [5.41, 5.74) is 5.26. The van der Waals surface area contributed by atoms with Crippen molar-refractivity contribution in [2.24, 2.45) is 0 Å². The maximum absolute atomic E-state index is 13.2. The predicted octanol–water partition coefficient (Wildman–Crippen LogP) is 4.49. The summed E-state index contributed by atoms with van der Waals surface area (Å²) in [6.45, 7) is 0.241. The van der Waals surface area contributed by atoms with E-state index in [1.165, 1.54) is 4.90 Å². The van der Waals surface area contributed by atoms with Gasteiger partial charge in [0.05, 0.1) is 0 Å². The van der Waals surface area contributed by atoms with Crippen molar-refractivity contribution in [2.75, 3.05) is 13.7 Å². The average Bonchev–Trinajstić information content (AvgIpc) is 3.16. The Balaban J connectivity index is 1.55. The van der Waals surface area contributed by atoms with Crippen LogP contribution in [0.3, 0.4) is 0 Å². The predicted molar refractivity (Wildman–Crippen MR) is 126 cm³/mol. The van der Waals surface area contributed by atoms with E-state index in [4.69, 9.17) is 9.47 Å². The van der Waals surface area contributed by atoms with Gasteiger partial charge in [0.15, 0.2) is 0 Å². The Morgan fingerprint density at radius 2 is 1.55 bits per heavy atom. The number of hydrogen-bond donors (Lipinski definition) is 1. The van der Waals surface area contributed by atoms with E-state index in [1.54, 1.807) is 31.4 Å². The molecule has 0 fully saturated rings. The van der Waals surface area contributed by atoms with Crippen LogP contribution in [-0.2, 0) is 16.1 Å². The Kier molecular flexibility index (Phi) is 7.01. The summed E-state index contributed by atoms with van der Waals surface area (Å²) in [4.78, 5) is 26.3. The number of ether oxygens (including phenoxy) is 2. The first-order chi connectivity index (χ1) is 16.0. The molecule has 3 aromatic carbocycles.